The summed E-state index contributed by atoms with van der Waals surface area (Å²) in [7, 11) is 0. The Hall–Kier alpha value is -6.12. The van der Waals surface area contributed by atoms with Crippen LogP contribution in [0.3, 0.4) is 0 Å². The number of carbonyl (C=O) groups is 2. The lowest BCUT2D eigenvalue weighted by molar-refractivity contribution is 0.0990. The first-order valence-electron chi connectivity index (χ1n) is 18.1. The van der Waals surface area contributed by atoms with E-state index in [0.29, 0.717) is 11.1 Å². The normalized spacial score (nSPS) is 16.7. The number of hydrogen-bond acceptors (Lipinski definition) is 2. The highest BCUT2D eigenvalue weighted by Crippen LogP contribution is 2.59. The van der Waals surface area contributed by atoms with Crippen molar-refractivity contribution in [1.29, 1.82) is 0 Å². The average molecular weight is 669 g/mol. The fourth-order valence-corrected chi connectivity index (χ4v) is 9.20. The Morgan fingerprint density at radius 3 is 1.98 bits per heavy atom. The van der Waals surface area contributed by atoms with Crippen molar-refractivity contribution >= 4 is 50.0 Å². The SMILES string of the molecule is Cc1ccccc1-c1c2c(c(C3C=CC=CC3(C)C)c3ccc(C=C4C(=O)c5cc6ccccc6cc5C4=O)cc13)-c1ccc(C)c3cccc-2c13. The number of rotatable bonds is 3. The number of benzene rings is 7. The van der Waals surface area contributed by atoms with Crippen LogP contribution in [0.5, 0.6) is 0 Å². The minimum absolute atomic E-state index is 0.121. The maximum absolute atomic E-state index is 13.9. The molecule has 248 valence electrons. The molecule has 0 radical (unpaired) electrons. The van der Waals surface area contributed by atoms with Crippen molar-refractivity contribution in [2.75, 3.05) is 0 Å². The lowest BCUT2D eigenvalue weighted by atomic mass is 9.68. The molecule has 2 nitrogen and oxygen atoms in total. The molecule has 0 aromatic heterocycles. The third-order valence-corrected chi connectivity index (χ3v) is 11.8. The van der Waals surface area contributed by atoms with Gasteiger partial charge in [0.2, 0.25) is 0 Å². The maximum atomic E-state index is 13.9. The van der Waals surface area contributed by atoms with Crippen molar-refractivity contribution in [2.45, 2.75) is 33.6 Å². The van der Waals surface area contributed by atoms with Crippen LogP contribution in [0.2, 0.25) is 0 Å². The molecule has 0 heterocycles. The van der Waals surface area contributed by atoms with Gasteiger partial charge in [0.25, 0.3) is 0 Å². The van der Waals surface area contributed by atoms with Crippen molar-refractivity contribution in [1.82, 2.24) is 0 Å². The van der Waals surface area contributed by atoms with Gasteiger partial charge in [0.15, 0.2) is 11.6 Å². The lowest BCUT2D eigenvalue weighted by Crippen LogP contribution is -2.21. The highest BCUT2D eigenvalue weighted by atomic mass is 16.2. The smallest absolute Gasteiger partial charge is 0.197 e. The van der Waals surface area contributed by atoms with Gasteiger partial charge >= 0.3 is 0 Å². The van der Waals surface area contributed by atoms with E-state index in [1.165, 1.54) is 66.2 Å². The average Bonchev–Trinajstić information content (AvgIpc) is 3.59. The van der Waals surface area contributed by atoms with Gasteiger partial charge in [0, 0.05) is 17.0 Å². The van der Waals surface area contributed by atoms with Gasteiger partial charge in [-0.05, 0) is 131 Å². The summed E-state index contributed by atoms with van der Waals surface area (Å²) in [5.41, 5.74) is 13.2. The van der Waals surface area contributed by atoms with Crippen LogP contribution in [0, 0.1) is 19.3 Å². The van der Waals surface area contributed by atoms with Crippen LogP contribution in [0.25, 0.3) is 71.8 Å². The first-order valence-corrected chi connectivity index (χ1v) is 18.1. The monoisotopic (exact) mass is 668 g/mol. The zero-order chi connectivity index (χ0) is 35.5. The predicted octanol–water partition coefficient (Wildman–Crippen LogP) is 12.8. The van der Waals surface area contributed by atoms with Crippen molar-refractivity contribution in [3.63, 3.8) is 0 Å². The van der Waals surface area contributed by atoms with Gasteiger partial charge in [0.1, 0.15) is 0 Å². The highest BCUT2D eigenvalue weighted by molar-refractivity contribution is 6.42. The molecule has 0 saturated heterocycles. The Bertz CT molecular complexity index is 2820. The Balaban J connectivity index is 1.30. The number of Topliss-reactive ketones (excluding diaryl/α,β-unsaturated/α-hetero) is 2. The van der Waals surface area contributed by atoms with Crippen LogP contribution in [-0.4, -0.2) is 11.6 Å². The molecule has 0 N–H and O–H groups in total. The largest absolute Gasteiger partial charge is 0.288 e. The molecule has 7 aromatic rings. The molecule has 10 rings (SSSR count). The number of allylic oxidation sites excluding steroid dienone is 5. The van der Waals surface area contributed by atoms with Crippen LogP contribution in [0.15, 0.2) is 139 Å². The molecule has 3 aliphatic carbocycles. The van der Waals surface area contributed by atoms with Gasteiger partial charge in [0.05, 0.1) is 5.57 Å². The van der Waals surface area contributed by atoms with Gasteiger partial charge in [-0.3, -0.25) is 9.59 Å². The van der Waals surface area contributed by atoms with Gasteiger partial charge in [-0.25, -0.2) is 0 Å². The molecule has 0 aliphatic heterocycles. The second kappa shape index (κ2) is 10.9. The topological polar surface area (TPSA) is 34.1 Å². The second-order valence-electron chi connectivity index (χ2n) is 15.3. The van der Waals surface area contributed by atoms with E-state index < -0.39 is 0 Å². The van der Waals surface area contributed by atoms with Crippen LogP contribution in [0.1, 0.15) is 62.7 Å². The van der Waals surface area contributed by atoms with Gasteiger partial charge in [-0.1, -0.05) is 129 Å². The number of hydrogen-bond donors (Lipinski definition) is 0. The molecule has 52 heavy (non-hydrogen) atoms. The van der Waals surface area contributed by atoms with Crippen molar-refractivity contribution < 1.29 is 9.59 Å². The molecular weight excluding hydrogens is 633 g/mol. The molecule has 0 spiro atoms. The van der Waals surface area contributed by atoms with Gasteiger partial charge in [-0.15, -0.1) is 0 Å². The lowest BCUT2D eigenvalue weighted by Gasteiger charge is -2.35. The number of ketones is 2. The summed E-state index contributed by atoms with van der Waals surface area (Å²) in [5.74, 6) is -0.299. The Morgan fingerprint density at radius 1 is 0.558 bits per heavy atom. The van der Waals surface area contributed by atoms with E-state index in [1.807, 2.05) is 42.5 Å². The van der Waals surface area contributed by atoms with Crippen LogP contribution in [-0.2, 0) is 0 Å². The van der Waals surface area contributed by atoms with E-state index in [-0.39, 0.29) is 28.5 Å². The molecule has 0 fully saturated rings. The van der Waals surface area contributed by atoms with Crippen LogP contribution < -0.4 is 0 Å². The molecule has 2 heteroatoms. The minimum Gasteiger partial charge on any atom is -0.288 e. The Kier molecular flexibility index (Phi) is 6.45. The summed E-state index contributed by atoms with van der Waals surface area (Å²) >= 11 is 0. The van der Waals surface area contributed by atoms with Crippen molar-refractivity contribution in [2.24, 2.45) is 5.41 Å². The van der Waals surface area contributed by atoms with Crippen LogP contribution >= 0.6 is 0 Å². The molecule has 3 aliphatic rings. The summed E-state index contributed by atoms with van der Waals surface area (Å²) in [6, 6.07) is 38.2. The molecular formula is C50H36O2. The summed E-state index contributed by atoms with van der Waals surface area (Å²) in [6.07, 6.45) is 10.9. The molecule has 1 atom stereocenters. The summed E-state index contributed by atoms with van der Waals surface area (Å²) in [6.45, 7) is 9.05. The molecule has 0 saturated carbocycles. The second-order valence-corrected chi connectivity index (χ2v) is 15.3. The first-order chi connectivity index (χ1) is 25.2. The minimum atomic E-state index is -0.210. The zero-order valence-electron chi connectivity index (χ0n) is 29.7. The zero-order valence-corrected chi connectivity index (χ0v) is 29.7. The quantitative estimate of drug-likeness (QED) is 0.139. The highest BCUT2D eigenvalue weighted by Gasteiger charge is 2.38. The van der Waals surface area contributed by atoms with E-state index in [2.05, 4.69) is 125 Å². The summed E-state index contributed by atoms with van der Waals surface area (Å²) in [5, 5.41) is 6.83. The van der Waals surface area contributed by atoms with E-state index in [9.17, 15) is 9.59 Å². The fourth-order valence-electron chi connectivity index (χ4n) is 9.20. The fraction of sp³-hybridized carbons (Fsp3) is 0.120. The maximum Gasteiger partial charge on any atom is 0.197 e. The Labute approximate surface area is 303 Å². The van der Waals surface area contributed by atoms with Gasteiger partial charge in [-0.2, -0.15) is 0 Å². The Morgan fingerprint density at radius 2 is 1.25 bits per heavy atom. The third kappa shape index (κ3) is 4.24. The van der Waals surface area contributed by atoms with E-state index in [0.717, 1.165) is 21.7 Å². The van der Waals surface area contributed by atoms with E-state index in [1.54, 1.807) is 0 Å². The molecule has 0 bridgehead atoms. The number of aryl methyl sites for hydroxylation is 2. The standard InChI is InChI=1S/C50H36O2/c1-28-12-5-8-15-34(28)44-38-24-30(25-41-48(51)39-26-31-13-6-7-14-32(31)27-40(39)49(41)52)20-22-35(38)45(42-18-9-10-23-50(42,3)4)47-37-21-19-29(2)33-16-11-17-36(43(33)37)46(44)47/h5-27,42H,1-4H3. The van der Waals surface area contributed by atoms with Crippen molar-refractivity contribution in [3.8, 4) is 33.4 Å². The first kappa shape index (κ1) is 30.7. The molecule has 0 amide bonds. The van der Waals surface area contributed by atoms with Crippen LogP contribution in [0.4, 0.5) is 0 Å². The summed E-state index contributed by atoms with van der Waals surface area (Å²) in [4.78, 5) is 27.8. The van der Waals surface area contributed by atoms with Gasteiger partial charge < -0.3 is 0 Å². The molecule has 7 aromatic carbocycles. The van der Waals surface area contributed by atoms with E-state index in [4.69, 9.17) is 0 Å². The number of carbonyl (C=O) groups excluding carboxylic acids is 2. The summed E-state index contributed by atoms with van der Waals surface area (Å²) < 4.78 is 0. The predicted molar refractivity (Wildman–Crippen MR) is 216 cm³/mol. The van der Waals surface area contributed by atoms with Crippen molar-refractivity contribution in [3.05, 3.63) is 172 Å². The third-order valence-electron chi connectivity index (χ3n) is 11.8. The molecule has 1 unspecified atom stereocenters. The number of fused-ring (bicyclic) bond motifs is 6. The van der Waals surface area contributed by atoms with E-state index >= 15 is 0 Å².